The minimum atomic E-state index is -0.455. The number of methoxy groups -OCH3 is 1. The van der Waals surface area contributed by atoms with E-state index in [1.54, 1.807) is 11.8 Å². The largest absolute Gasteiger partial charge is 0.497 e. The van der Waals surface area contributed by atoms with Crippen LogP contribution < -0.4 is 20.3 Å². The van der Waals surface area contributed by atoms with E-state index in [1.807, 2.05) is 55.5 Å². The Balaban J connectivity index is 1.72. The van der Waals surface area contributed by atoms with Crippen LogP contribution in [0, 0.1) is 0 Å². The number of benzene rings is 2. The molecule has 0 unspecified atom stereocenters. The van der Waals surface area contributed by atoms with E-state index in [1.165, 1.54) is 0 Å². The molecule has 2 aromatic carbocycles. The zero-order chi connectivity index (χ0) is 21.4. The van der Waals surface area contributed by atoms with Crippen molar-refractivity contribution < 1.29 is 9.47 Å². The fourth-order valence-electron chi connectivity index (χ4n) is 3.73. The number of tetrazole rings is 1. The summed E-state index contributed by atoms with van der Waals surface area (Å²) in [5.41, 5.74) is 3.02. The zero-order valence-electron chi connectivity index (χ0n) is 16.9. The number of H-pyrrole nitrogens is 1. The zero-order valence-corrected chi connectivity index (χ0v) is 16.9. The van der Waals surface area contributed by atoms with Gasteiger partial charge in [-0.3, -0.25) is 4.79 Å². The normalized spacial score (nSPS) is 14.3. The molecule has 10 nitrogen and oxygen atoms in total. The number of aromatic nitrogens is 6. The van der Waals surface area contributed by atoms with Crippen LogP contribution in [0.2, 0.25) is 0 Å². The van der Waals surface area contributed by atoms with Gasteiger partial charge in [-0.1, -0.05) is 17.2 Å². The van der Waals surface area contributed by atoms with Crippen molar-refractivity contribution in [1.29, 1.82) is 0 Å². The monoisotopic (exact) mass is 417 g/mol. The number of aromatic amines is 1. The van der Waals surface area contributed by atoms with Gasteiger partial charge in [0.2, 0.25) is 5.95 Å². The number of nitrogens with zero attached hydrogens (tertiary/aromatic N) is 5. The number of hydrogen-bond acceptors (Lipinski definition) is 8. The number of hydrogen-bond donors (Lipinski definition) is 2. The summed E-state index contributed by atoms with van der Waals surface area (Å²) >= 11 is 0. The summed E-state index contributed by atoms with van der Waals surface area (Å²) in [6.45, 7) is 2.51. The Bertz CT molecular complexity index is 1280. The minimum Gasteiger partial charge on any atom is -0.497 e. The Hall–Kier alpha value is -4.21. The molecule has 0 saturated carbocycles. The Morgan fingerprint density at radius 1 is 1.06 bits per heavy atom. The molecule has 1 aliphatic rings. The van der Waals surface area contributed by atoms with E-state index in [0.717, 1.165) is 22.6 Å². The first-order valence-electron chi connectivity index (χ1n) is 9.74. The van der Waals surface area contributed by atoms with Crippen LogP contribution in [0.4, 0.5) is 11.6 Å². The molecule has 2 aromatic heterocycles. The molecule has 31 heavy (non-hydrogen) atoms. The second-order valence-corrected chi connectivity index (χ2v) is 6.90. The fraction of sp³-hybridized carbons (Fsp3) is 0.190. The Kier molecular flexibility index (Phi) is 4.58. The van der Waals surface area contributed by atoms with Gasteiger partial charge in [0, 0.05) is 11.1 Å². The van der Waals surface area contributed by atoms with Crippen LogP contribution in [0.5, 0.6) is 11.5 Å². The second-order valence-electron chi connectivity index (χ2n) is 6.90. The van der Waals surface area contributed by atoms with Crippen molar-refractivity contribution in [3.8, 4) is 22.8 Å². The number of anilines is 2. The first kappa shape index (κ1) is 18.8. The smallest absolute Gasteiger partial charge is 0.288 e. The van der Waals surface area contributed by atoms with Gasteiger partial charge < -0.3 is 14.8 Å². The summed E-state index contributed by atoms with van der Waals surface area (Å²) in [5.74, 6) is 1.87. The summed E-state index contributed by atoms with van der Waals surface area (Å²) in [6, 6.07) is 14.7. The lowest BCUT2D eigenvalue weighted by Crippen LogP contribution is -2.29. The molecule has 4 aromatic rings. The van der Waals surface area contributed by atoms with Gasteiger partial charge in [0.1, 0.15) is 23.2 Å². The Morgan fingerprint density at radius 3 is 2.52 bits per heavy atom. The molecular weight excluding hydrogens is 398 g/mol. The lowest BCUT2D eigenvalue weighted by molar-refractivity contribution is 0.340. The molecule has 10 heteroatoms. The van der Waals surface area contributed by atoms with Crippen LogP contribution in [-0.4, -0.2) is 44.1 Å². The molecule has 0 aliphatic carbocycles. The minimum absolute atomic E-state index is 0.350. The predicted molar refractivity (Wildman–Crippen MR) is 113 cm³/mol. The highest BCUT2D eigenvalue weighted by Crippen LogP contribution is 2.41. The summed E-state index contributed by atoms with van der Waals surface area (Å²) < 4.78 is 12.5. The van der Waals surface area contributed by atoms with E-state index in [-0.39, 0.29) is 5.56 Å². The molecule has 0 bridgehead atoms. The van der Waals surface area contributed by atoms with Gasteiger partial charge in [-0.25, -0.2) is 5.10 Å². The topological polar surface area (TPSA) is 120 Å². The van der Waals surface area contributed by atoms with E-state index in [0.29, 0.717) is 29.5 Å². The maximum atomic E-state index is 12.7. The molecule has 0 fully saturated rings. The highest BCUT2D eigenvalue weighted by atomic mass is 16.5. The molecule has 0 saturated heterocycles. The molecule has 1 atom stereocenters. The van der Waals surface area contributed by atoms with Crippen molar-refractivity contribution in [1.82, 2.24) is 30.4 Å². The number of rotatable bonds is 5. The maximum Gasteiger partial charge on any atom is 0.288 e. The Morgan fingerprint density at radius 2 is 1.81 bits per heavy atom. The van der Waals surface area contributed by atoms with Crippen LogP contribution in [0.1, 0.15) is 24.1 Å². The SMILES string of the molecule is CCOc1ccc([C@H]2c3c(-c4ccc(OC)cc4)n[nH]c(=O)c3Nc3nnnn32)cc1. The van der Waals surface area contributed by atoms with Crippen molar-refractivity contribution in [3.63, 3.8) is 0 Å². The van der Waals surface area contributed by atoms with Gasteiger partial charge in [0.05, 0.1) is 19.4 Å². The van der Waals surface area contributed by atoms with Crippen LogP contribution in [0.15, 0.2) is 53.3 Å². The summed E-state index contributed by atoms with van der Waals surface area (Å²) in [4.78, 5) is 12.7. The lowest BCUT2D eigenvalue weighted by Gasteiger charge is -2.28. The van der Waals surface area contributed by atoms with Gasteiger partial charge in [0.25, 0.3) is 5.56 Å². The lowest BCUT2D eigenvalue weighted by atomic mass is 9.92. The van der Waals surface area contributed by atoms with Crippen LogP contribution in [0.3, 0.4) is 0 Å². The van der Waals surface area contributed by atoms with Gasteiger partial charge >= 0.3 is 0 Å². The third kappa shape index (κ3) is 3.18. The average Bonchev–Trinajstić information content (AvgIpc) is 3.28. The standard InChI is InChI=1S/C21H19N7O3/c1-3-31-15-10-6-13(7-11-15)19-16-17(12-4-8-14(30-2)9-5-12)23-24-20(29)18(16)22-21-25-26-27-28(19)21/h4-11,19H,3H2,1-2H3,(H,24,29)(H,22,25,27)/t19-/m0/s1. The molecule has 0 spiro atoms. The fourth-order valence-corrected chi connectivity index (χ4v) is 3.73. The van der Waals surface area contributed by atoms with Crippen LogP contribution in [-0.2, 0) is 0 Å². The molecular formula is C21H19N7O3. The van der Waals surface area contributed by atoms with Gasteiger partial charge in [-0.15, -0.1) is 0 Å². The van der Waals surface area contributed by atoms with Crippen molar-refractivity contribution in [2.24, 2.45) is 0 Å². The molecule has 5 rings (SSSR count). The maximum absolute atomic E-state index is 12.7. The van der Waals surface area contributed by atoms with Crippen LogP contribution in [0.25, 0.3) is 11.3 Å². The molecule has 0 amide bonds. The third-order valence-electron chi connectivity index (χ3n) is 5.14. The first-order chi connectivity index (χ1) is 15.2. The highest BCUT2D eigenvalue weighted by molar-refractivity contribution is 5.75. The summed E-state index contributed by atoms with van der Waals surface area (Å²) in [7, 11) is 1.61. The molecule has 3 heterocycles. The van der Waals surface area contributed by atoms with Crippen molar-refractivity contribution in [2.75, 3.05) is 19.0 Å². The molecule has 0 radical (unpaired) electrons. The summed E-state index contributed by atoms with van der Waals surface area (Å²) in [6.07, 6.45) is 0. The molecule has 156 valence electrons. The predicted octanol–water partition coefficient (Wildman–Crippen LogP) is 2.53. The van der Waals surface area contributed by atoms with E-state index >= 15 is 0 Å². The van der Waals surface area contributed by atoms with Crippen molar-refractivity contribution in [3.05, 3.63) is 70.0 Å². The second kappa shape index (κ2) is 7.56. The first-order valence-corrected chi connectivity index (χ1v) is 9.74. The van der Waals surface area contributed by atoms with Gasteiger partial charge in [-0.05, 0) is 59.3 Å². The number of nitrogens with one attached hydrogen (secondary N) is 2. The van der Waals surface area contributed by atoms with Crippen molar-refractivity contribution in [2.45, 2.75) is 13.0 Å². The number of fused-ring (bicyclic) bond motifs is 2. The van der Waals surface area contributed by atoms with Crippen LogP contribution >= 0.6 is 0 Å². The van der Waals surface area contributed by atoms with E-state index in [4.69, 9.17) is 9.47 Å². The van der Waals surface area contributed by atoms with Gasteiger partial charge in [0.15, 0.2) is 0 Å². The third-order valence-corrected chi connectivity index (χ3v) is 5.14. The van der Waals surface area contributed by atoms with E-state index in [2.05, 4.69) is 31.0 Å². The average molecular weight is 417 g/mol. The quantitative estimate of drug-likeness (QED) is 0.448. The van der Waals surface area contributed by atoms with Gasteiger partial charge in [-0.2, -0.15) is 9.78 Å². The number of ether oxygens (including phenoxy) is 2. The Labute approximate surface area is 176 Å². The summed E-state index contributed by atoms with van der Waals surface area (Å²) in [5, 5.41) is 22.0. The van der Waals surface area contributed by atoms with Crippen molar-refractivity contribution >= 4 is 11.6 Å². The molecule has 1 aliphatic heterocycles. The van der Waals surface area contributed by atoms with E-state index < -0.39 is 6.04 Å². The highest BCUT2D eigenvalue weighted by Gasteiger charge is 2.34. The molecule has 2 N–H and O–H groups in total. The van der Waals surface area contributed by atoms with E-state index in [9.17, 15) is 4.79 Å².